The molecule has 0 radical (unpaired) electrons. The molecule has 11 nitrogen and oxygen atoms in total. The number of benzene rings is 1. The topological polar surface area (TPSA) is 141 Å². The lowest BCUT2D eigenvalue weighted by Crippen LogP contribution is -2.38. The Bertz CT molecular complexity index is 1050. The van der Waals surface area contributed by atoms with Crippen LogP contribution in [-0.2, 0) is 19.3 Å². The van der Waals surface area contributed by atoms with Gasteiger partial charge in [-0.05, 0) is 25.1 Å². The van der Waals surface area contributed by atoms with Gasteiger partial charge in [-0.3, -0.25) is 10.1 Å². The zero-order valence-electron chi connectivity index (χ0n) is 17.5. The summed E-state index contributed by atoms with van der Waals surface area (Å²) in [6, 6.07) is 10.6. The molecule has 172 valence electrons. The Labute approximate surface area is 185 Å². The van der Waals surface area contributed by atoms with Gasteiger partial charge >= 0.3 is 11.8 Å². The molecule has 1 N–H and O–H groups in total. The first-order chi connectivity index (χ1) is 15.3. The SMILES string of the molecule is CCOC(=O)OC1CCN(c2nc(NCS(=O)(=O)c3ccccc3)ccc2[N+](=O)[O-])CC1. The summed E-state index contributed by atoms with van der Waals surface area (Å²) in [7, 11) is -3.61. The van der Waals surface area contributed by atoms with E-state index < -0.39 is 26.8 Å². The molecule has 1 saturated heterocycles. The van der Waals surface area contributed by atoms with Crippen molar-refractivity contribution in [1.29, 1.82) is 0 Å². The summed E-state index contributed by atoms with van der Waals surface area (Å²) in [6.45, 7) is 2.65. The van der Waals surface area contributed by atoms with E-state index in [9.17, 15) is 23.3 Å². The van der Waals surface area contributed by atoms with Gasteiger partial charge in [0.2, 0.25) is 5.82 Å². The number of hydrogen-bond acceptors (Lipinski definition) is 10. The molecule has 0 bridgehead atoms. The van der Waals surface area contributed by atoms with E-state index in [-0.39, 0.29) is 34.9 Å². The van der Waals surface area contributed by atoms with Crippen LogP contribution < -0.4 is 10.2 Å². The number of nitrogens with one attached hydrogen (secondary N) is 1. The van der Waals surface area contributed by atoms with E-state index in [1.807, 2.05) is 0 Å². The summed E-state index contributed by atoms with van der Waals surface area (Å²) in [5.41, 5.74) is -0.189. The van der Waals surface area contributed by atoms with E-state index in [0.717, 1.165) is 0 Å². The minimum Gasteiger partial charge on any atom is -0.435 e. The van der Waals surface area contributed by atoms with Crippen molar-refractivity contribution in [2.45, 2.75) is 30.8 Å². The Morgan fingerprint density at radius 1 is 1.22 bits per heavy atom. The molecule has 0 aliphatic carbocycles. The van der Waals surface area contributed by atoms with Crippen LogP contribution in [0, 0.1) is 10.1 Å². The van der Waals surface area contributed by atoms with Crippen molar-refractivity contribution in [3.63, 3.8) is 0 Å². The van der Waals surface area contributed by atoms with Gasteiger partial charge in [0.15, 0.2) is 9.84 Å². The number of sulfone groups is 1. The number of piperidine rings is 1. The van der Waals surface area contributed by atoms with Crippen LogP contribution in [0.15, 0.2) is 47.4 Å². The van der Waals surface area contributed by atoms with Crippen LogP contribution in [0.3, 0.4) is 0 Å². The Balaban J connectivity index is 1.70. The summed E-state index contributed by atoms with van der Waals surface area (Å²) in [4.78, 5) is 28.6. The van der Waals surface area contributed by atoms with Crippen LogP contribution in [0.1, 0.15) is 19.8 Å². The zero-order valence-corrected chi connectivity index (χ0v) is 18.3. The third-order valence-corrected chi connectivity index (χ3v) is 6.38. The van der Waals surface area contributed by atoms with Gasteiger partial charge in [-0.25, -0.2) is 18.2 Å². The summed E-state index contributed by atoms with van der Waals surface area (Å²) in [6.07, 6.45) is -0.169. The Morgan fingerprint density at radius 2 is 1.91 bits per heavy atom. The van der Waals surface area contributed by atoms with Crippen molar-refractivity contribution in [1.82, 2.24) is 4.98 Å². The highest BCUT2D eigenvalue weighted by Crippen LogP contribution is 2.30. The highest BCUT2D eigenvalue weighted by Gasteiger charge is 2.28. The number of nitrogens with zero attached hydrogens (tertiary/aromatic N) is 3. The number of carbonyl (C=O) groups is 1. The fourth-order valence-electron chi connectivity index (χ4n) is 3.27. The van der Waals surface area contributed by atoms with Gasteiger partial charge in [-0.1, -0.05) is 18.2 Å². The molecular formula is C20H24N4O7S. The van der Waals surface area contributed by atoms with Crippen LogP contribution in [0.2, 0.25) is 0 Å². The molecule has 1 fully saturated rings. The number of anilines is 2. The molecule has 32 heavy (non-hydrogen) atoms. The van der Waals surface area contributed by atoms with Crippen molar-refractivity contribution in [2.75, 3.05) is 35.8 Å². The van der Waals surface area contributed by atoms with Gasteiger partial charge in [0.05, 0.1) is 16.4 Å². The lowest BCUT2D eigenvalue weighted by Gasteiger charge is -2.32. The Kier molecular flexibility index (Phi) is 7.46. The average molecular weight is 465 g/mol. The second-order valence-corrected chi connectivity index (χ2v) is 9.02. The van der Waals surface area contributed by atoms with Gasteiger partial charge in [0.1, 0.15) is 17.8 Å². The van der Waals surface area contributed by atoms with Crippen LogP contribution in [-0.4, -0.2) is 56.2 Å². The third kappa shape index (κ3) is 5.84. The molecule has 0 atom stereocenters. The summed E-state index contributed by atoms with van der Waals surface area (Å²) in [5, 5.41) is 14.2. The molecule has 1 aromatic heterocycles. The van der Waals surface area contributed by atoms with E-state index in [0.29, 0.717) is 25.9 Å². The number of hydrogen-bond donors (Lipinski definition) is 1. The average Bonchev–Trinajstić information content (AvgIpc) is 2.79. The first kappa shape index (κ1) is 23.3. The van der Waals surface area contributed by atoms with E-state index in [4.69, 9.17) is 9.47 Å². The van der Waals surface area contributed by atoms with Gasteiger partial charge < -0.3 is 19.7 Å². The summed E-state index contributed by atoms with van der Waals surface area (Å²) < 4.78 is 34.9. The number of carbonyl (C=O) groups excluding carboxylic acids is 1. The van der Waals surface area contributed by atoms with Gasteiger partial charge in [0, 0.05) is 32.0 Å². The van der Waals surface area contributed by atoms with Crippen LogP contribution in [0.4, 0.5) is 22.1 Å². The quantitative estimate of drug-likeness (QED) is 0.352. The molecule has 12 heteroatoms. The minimum absolute atomic E-state index is 0.131. The molecule has 1 aliphatic rings. The number of aromatic nitrogens is 1. The van der Waals surface area contributed by atoms with E-state index in [2.05, 4.69) is 10.3 Å². The van der Waals surface area contributed by atoms with E-state index >= 15 is 0 Å². The monoisotopic (exact) mass is 464 g/mol. The predicted molar refractivity (Wildman–Crippen MR) is 116 cm³/mol. The van der Waals surface area contributed by atoms with Crippen molar-refractivity contribution in [3.8, 4) is 0 Å². The summed E-state index contributed by atoms with van der Waals surface area (Å²) in [5.74, 6) is -0.0711. The second kappa shape index (κ2) is 10.3. The van der Waals surface area contributed by atoms with Crippen molar-refractivity contribution in [3.05, 3.63) is 52.6 Å². The highest BCUT2D eigenvalue weighted by molar-refractivity contribution is 7.91. The van der Waals surface area contributed by atoms with Crippen LogP contribution >= 0.6 is 0 Å². The standard InChI is InChI=1S/C20H24N4O7S/c1-2-30-20(25)31-15-10-12-23(13-11-15)19-17(24(26)27)8-9-18(22-19)21-14-32(28,29)16-6-4-3-5-7-16/h3-9,15H,2,10-14H2,1H3,(H,21,22). The molecule has 0 spiro atoms. The number of nitro groups is 1. The lowest BCUT2D eigenvalue weighted by atomic mass is 10.1. The Hall–Kier alpha value is -3.41. The first-order valence-corrected chi connectivity index (χ1v) is 11.7. The van der Waals surface area contributed by atoms with E-state index in [1.54, 1.807) is 30.0 Å². The Morgan fingerprint density at radius 3 is 2.53 bits per heavy atom. The maximum absolute atomic E-state index is 12.5. The van der Waals surface area contributed by atoms with Gasteiger partial charge in [-0.15, -0.1) is 0 Å². The molecule has 0 saturated carbocycles. The fourth-order valence-corrected chi connectivity index (χ4v) is 4.34. The van der Waals surface area contributed by atoms with E-state index in [1.165, 1.54) is 24.3 Å². The molecular weight excluding hydrogens is 440 g/mol. The zero-order chi connectivity index (χ0) is 23.1. The van der Waals surface area contributed by atoms with Crippen molar-refractivity contribution in [2.24, 2.45) is 0 Å². The number of rotatable bonds is 8. The molecule has 0 amide bonds. The van der Waals surface area contributed by atoms with Crippen molar-refractivity contribution < 1.29 is 27.6 Å². The maximum atomic E-state index is 12.5. The van der Waals surface area contributed by atoms with Crippen LogP contribution in [0.25, 0.3) is 0 Å². The smallest absolute Gasteiger partial charge is 0.435 e. The predicted octanol–water partition coefficient (Wildman–Crippen LogP) is 2.98. The largest absolute Gasteiger partial charge is 0.508 e. The first-order valence-electron chi connectivity index (χ1n) is 10.1. The fraction of sp³-hybridized carbons (Fsp3) is 0.400. The van der Waals surface area contributed by atoms with Gasteiger partial charge in [-0.2, -0.15) is 0 Å². The van der Waals surface area contributed by atoms with Crippen LogP contribution in [0.5, 0.6) is 0 Å². The van der Waals surface area contributed by atoms with Crippen molar-refractivity contribution >= 4 is 33.3 Å². The molecule has 2 aromatic rings. The molecule has 3 rings (SSSR count). The highest BCUT2D eigenvalue weighted by atomic mass is 32.2. The minimum atomic E-state index is -3.61. The molecule has 0 unspecified atom stereocenters. The maximum Gasteiger partial charge on any atom is 0.508 e. The molecule has 1 aliphatic heterocycles. The van der Waals surface area contributed by atoms with Gasteiger partial charge in [0.25, 0.3) is 0 Å². The third-order valence-electron chi connectivity index (χ3n) is 4.86. The second-order valence-electron chi connectivity index (χ2n) is 7.03. The number of ether oxygens (including phenoxy) is 2. The number of pyridine rings is 1. The lowest BCUT2D eigenvalue weighted by molar-refractivity contribution is -0.384. The molecule has 2 heterocycles. The normalized spacial score (nSPS) is 14.6. The molecule has 1 aromatic carbocycles. The summed E-state index contributed by atoms with van der Waals surface area (Å²) >= 11 is 0.